The average molecular weight is 492 g/mol. The Morgan fingerprint density at radius 2 is 1.51 bits per heavy atom. The van der Waals surface area contributed by atoms with Gasteiger partial charge in [0.15, 0.2) is 0 Å². The van der Waals surface area contributed by atoms with E-state index in [4.69, 9.17) is 0 Å². The number of carbonyl (C=O) groups excluding carboxylic acids is 3. The molecule has 0 radical (unpaired) electrons. The summed E-state index contributed by atoms with van der Waals surface area (Å²) in [6, 6.07) is 21.2. The molecule has 1 aliphatic rings. The van der Waals surface area contributed by atoms with Gasteiger partial charge in [-0.1, -0.05) is 48.5 Å². The molecule has 0 aromatic heterocycles. The summed E-state index contributed by atoms with van der Waals surface area (Å²) in [5, 5.41) is 2.63. The second-order valence-corrected chi connectivity index (χ2v) is 10.1. The molecule has 1 aliphatic heterocycles. The highest BCUT2D eigenvalue weighted by molar-refractivity contribution is 7.89. The van der Waals surface area contributed by atoms with Crippen LogP contribution in [0.4, 0.5) is 11.4 Å². The molecule has 35 heavy (non-hydrogen) atoms. The Bertz CT molecular complexity index is 1340. The van der Waals surface area contributed by atoms with E-state index in [9.17, 15) is 22.8 Å². The van der Waals surface area contributed by atoms with Crippen molar-refractivity contribution in [2.75, 3.05) is 10.2 Å². The Kier molecular flexibility index (Phi) is 6.81. The van der Waals surface area contributed by atoms with Crippen molar-refractivity contribution in [1.82, 2.24) is 4.31 Å². The van der Waals surface area contributed by atoms with E-state index in [1.165, 1.54) is 19.1 Å². The number of rotatable bonds is 7. The topological polar surface area (TPSA) is 104 Å². The largest absolute Gasteiger partial charge is 0.326 e. The fourth-order valence-electron chi connectivity index (χ4n) is 4.22. The van der Waals surface area contributed by atoms with Gasteiger partial charge in [0.2, 0.25) is 21.8 Å². The van der Waals surface area contributed by atoms with Gasteiger partial charge in [-0.3, -0.25) is 14.4 Å². The maximum Gasteiger partial charge on any atom is 0.252 e. The zero-order valence-corrected chi connectivity index (χ0v) is 20.1. The van der Waals surface area contributed by atoms with Crippen molar-refractivity contribution < 1.29 is 22.8 Å². The highest BCUT2D eigenvalue weighted by atomic mass is 32.2. The first kappa shape index (κ1) is 24.3. The molecule has 0 aliphatic carbocycles. The summed E-state index contributed by atoms with van der Waals surface area (Å²) in [6.07, 6.45) is -0.282. The summed E-state index contributed by atoms with van der Waals surface area (Å²) in [7, 11) is -4.13. The van der Waals surface area contributed by atoms with Gasteiger partial charge in [-0.15, -0.1) is 0 Å². The third-order valence-electron chi connectivity index (χ3n) is 5.86. The van der Waals surface area contributed by atoms with Crippen LogP contribution in [0.15, 0.2) is 89.8 Å². The highest BCUT2D eigenvalue weighted by Gasteiger charge is 2.48. The van der Waals surface area contributed by atoms with Crippen molar-refractivity contribution in [2.45, 2.75) is 37.2 Å². The predicted octanol–water partition coefficient (Wildman–Crippen LogP) is 3.73. The summed E-state index contributed by atoms with van der Waals surface area (Å²) < 4.78 is 28.7. The number of hydrogen-bond acceptors (Lipinski definition) is 5. The summed E-state index contributed by atoms with van der Waals surface area (Å²) in [5.41, 5.74) is 1.52. The Balaban J connectivity index is 1.73. The monoisotopic (exact) mass is 491 g/mol. The molecule has 180 valence electrons. The zero-order chi connectivity index (χ0) is 25.2. The number of amides is 3. The fraction of sp³-hybridized carbons (Fsp3) is 0.192. The van der Waals surface area contributed by atoms with E-state index >= 15 is 0 Å². The zero-order valence-electron chi connectivity index (χ0n) is 19.3. The molecule has 1 fully saturated rings. The quantitative estimate of drug-likeness (QED) is 0.507. The second-order valence-electron chi connectivity index (χ2n) is 8.25. The minimum atomic E-state index is -4.13. The molecule has 0 spiro atoms. The summed E-state index contributed by atoms with van der Waals surface area (Å²) in [6.45, 7) is 3.08. The van der Waals surface area contributed by atoms with Gasteiger partial charge in [0.25, 0.3) is 5.91 Å². The molecule has 1 N–H and O–H groups in total. The second kappa shape index (κ2) is 9.81. The SMILES string of the molecule is CC(=O)Nc1ccc(N2C(=O)CC(N(C(C)c3ccccc3)S(=O)(=O)c3ccccc3)C2=O)cc1. The van der Waals surface area contributed by atoms with Crippen LogP contribution < -0.4 is 10.2 Å². The number of imide groups is 1. The minimum absolute atomic E-state index is 0.0427. The van der Waals surface area contributed by atoms with E-state index in [0.717, 1.165) is 9.21 Å². The minimum Gasteiger partial charge on any atom is -0.326 e. The summed E-state index contributed by atoms with van der Waals surface area (Å²) in [4.78, 5) is 38.9. The Morgan fingerprint density at radius 1 is 0.943 bits per heavy atom. The molecular formula is C26H25N3O5S. The van der Waals surface area contributed by atoms with E-state index < -0.39 is 33.9 Å². The summed E-state index contributed by atoms with van der Waals surface area (Å²) in [5.74, 6) is -1.37. The molecule has 9 heteroatoms. The van der Waals surface area contributed by atoms with E-state index in [1.807, 2.05) is 6.07 Å². The van der Waals surface area contributed by atoms with Crippen LogP contribution >= 0.6 is 0 Å². The third kappa shape index (κ3) is 4.87. The lowest BCUT2D eigenvalue weighted by molar-refractivity contribution is -0.122. The normalized spacial score (nSPS) is 17.0. The van der Waals surface area contributed by atoms with Crippen LogP contribution in [-0.4, -0.2) is 36.5 Å². The maximum absolute atomic E-state index is 13.8. The Labute approximate surface area is 204 Å². The lowest BCUT2D eigenvalue weighted by Gasteiger charge is -2.32. The molecule has 0 saturated carbocycles. The lowest BCUT2D eigenvalue weighted by Crippen LogP contribution is -2.46. The van der Waals surface area contributed by atoms with Gasteiger partial charge in [-0.2, -0.15) is 4.31 Å². The number of anilines is 2. The fourth-order valence-corrected chi connectivity index (χ4v) is 6.00. The van der Waals surface area contributed by atoms with Crippen molar-refractivity contribution in [3.8, 4) is 0 Å². The molecule has 0 bridgehead atoms. The van der Waals surface area contributed by atoms with E-state index in [2.05, 4.69) is 5.32 Å². The van der Waals surface area contributed by atoms with E-state index in [-0.39, 0.29) is 17.2 Å². The molecule has 3 amide bonds. The maximum atomic E-state index is 13.8. The molecule has 2 atom stereocenters. The average Bonchev–Trinajstić information content (AvgIpc) is 3.13. The highest BCUT2D eigenvalue weighted by Crippen LogP contribution is 2.35. The standard InChI is InChI=1S/C26H25N3O5S/c1-18(20-9-5-3-6-10-20)29(35(33,34)23-11-7-4-8-12-23)24-17-25(31)28(26(24)32)22-15-13-21(14-16-22)27-19(2)30/h3-16,18,24H,17H2,1-2H3,(H,27,30). The third-order valence-corrected chi connectivity index (χ3v) is 7.85. The lowest BCUT2D eigenvalue weighted by atomic mass is 10.1. The molecule has 4 rings (SSSR count). The molecule has 2 unspecified atom stereocenters. The van der Waals surface area contributed by atoms with Crippen molar-refractivity contribution in [2.24, 2.45) is 0 Å². The van der Waals surface area contributed by atoms with Crippen LogP contribution in [0.3, 0.4) is 0 Å². The van der Waals surface area contributed by atoms with Crippen molar-refractivity contribution in [3.05, 3.63) is 90.5 Å². The first-order valence-corrected chi connectivity index (χ1v) is 12.5. The Morgan fingerprint density at radius 3 is 2.09 bits per heavy atom. The van der Waals surface area contributed by atoms with Gasteiger partial charge in [0.05, 0.1) is 17.0 Å². The number of benzene rings is 3. The van der Waals surface area contributed by atoms with Gasteiger partial charge >= 0.3 is 0 Å². The molecular weight excluding hydrogens is 466 g/mol. The van der Waals surface area contributed by atoms with Gasteiger partial charge in [0, 0.05) is 18.7 Å². The number of hydrogen-bond donors (Lipinski definition) is 1. The number of carbonyl (C=O) groups is 3. The van der Waals surface area contributed by atoms with E-state index in [1.54, 1.807) is 73.7 Å². The molecule has 3 aromatic carbocycles. The Hall–Kier alpha value is -3.82. The first-order valence-electron chi connectivity index (χ1n) is 11.1. The molecule has 3 aromatic rings. The van der Waals surface area contributed by atoms with Gasteiger partial charge in [0.1, 0.15) is 6.04 Å². The van der Waals surface area contributed by atoms with Crippen molar-refractivity contribution in [1.29, 1.82) is 0 Å². The number of nitrogens with zero attached hydrogens (tertiary/aromatic N) is 2. The van der Waals surface area contributed by atoms with Crippen LogP contribution in [0.1, 0.15) is 31.9 Å². The predicted molar refractivity (Wildman–Crippen MR) is 132 cm³/mol. The van der Waals surface area contributed by atoms with Crippen LogP contribution in [-0.2, 0) is 24.4 Å². The molecule has 1 heterocycles. The van der Waals surface area contributed by atoms with Crippen molar-refractivity contribution in [3.63, 3.8) is 0 Å². The van der Waals surface area contributed by atoms with Crippen LogP contribution in [0.2, 0.25) is 0 Å². The van der Waals surface area contributed by atoms with Gasteiger partial charge in [-0.25, -0.2) is 13.3 Å². The van der Waals surface area contributed by atoms with Crippen molar-refractivity contribution >= 4 is 39.1 Å². The van der Waals surface area contributed by atoms with Crippen LogP contribution in [0.25, 0.3) is 0 Å². The van der Waals surface area contributed by atoms with Crippen LogP contribution in [0.5, 0.6) is 0 Å². The number of nitrogens with one attached hydrogen (secondary N) is 1. The summed E-state index contributed by atoms with van der Waals surface area (Å²) >= 11 is 0. The van der Waals surface area contributed by atoms with E-state index in [0.29, 0.717) is 16.9 Å². The molecule has 8 nitrogen and oxygen atoms in total. The first-order chi connectivity index (χ1) is 16.7. The molecule has 1 saturated heterocycles. The van der Waals surface area contributed by atoms with Gasteiger partial charge in [-0.05, 0) is 48.9 Å². The van der Waals surface area contributed by atoms with Gasteiger partial charge < -0.3 is 5.32 Å². The number of sulfonamides is 1. The smallest absolute Gasteiger partial charge is 0.252 e. The van der Waals surface area contributed by atoms with Crippen LogP contribution in [0, 0.1) is 0 Å².